The van der Waals surface area contributed by atoms with E-state index in [2.05, 4.69) is 10.3 Å². The molecule has 2 amide bonds. The van der Waals surface area contributed by atoms with Crippen LogP contribution < -0.4 is 11.1 Å². The van der Waals surface area contributed by atoms with Crippen molar-refractivity contribution in [1.82, 2.24) is 4.98 Å². The Morgan fingerprint density at radius 1 is 1.32 bits per heavy atom. The monoisotopic (exact) mass is 275 g/mol. The summed E-state index contributed by atoms with van der Waals surface area (Å²) < 4.78 is 0. The molecule has 0 aliphatic rings. The van der Waals surface area contributed by atoms with Crippen molar-refractivity contribution in [2.24, 2.45) is 5.73 Å². The van der Waals surface area contributed by atoms with E-state index in [9.17, 15) is 9.59 Å². The molecule has 0 fully saturated rings. The van der Waals surface area contributed by atoms with Crippen molar-refractivity contribution < 1.29 is 9.59 Å². The first-order chi connectivity index (χ1) is 8.97. The Morgan fingerprint density at radius 3 is 2.63 bits per heavy atom. The number of thiazole rings is 1. The molecule has 5 nitrogen and oxygen atoms in total. The van der Waals surface area contributed by atoms with Gasteiger partial charge in [-0.1, -0.05) is 6.07 Å². The number of aromatic nitrogens is 1. The molecule has 1 aromatic heterocycles. The maximum Gasteiger partial charge on any atom is 0.275 e. The summed E-state index contributed by atoms with van der Waals surface area (Å²) >= 11 is 1.41. The van der Waals surface area contributed by atoms with Crippen molar-refractivity contribution in [1.29, 1.82) is 0 Å². The predicted molar refractivity (Wildman–Crippen MR) is 74.5 cm³/mol. The van der Waals surface area contributed by atoms with Gasteiger partial charge in [0.25, 0.3) is 5.91 Å². The third-order valence-corrected chi connectivity index (χ3v) is 3.40. The third kappa shape index (κ3) is 2.97. The Labute approximate surface area is 114 Å². The fraction of sp³-hybridized carbons (Fsp3) is 0.154. The zero-order valence-electron chi connectivity index (χ0n) is 10.6. The first-order valence-corrected chi connectivity index (χ1v) is 6.49. The molecule has 2 rings (SSSR count). The molecule has 0 saturated carbocycles. The van der Waals surface area contributed by atoms with Crippen LogP contribution in [0, 0.1) is 13.8 Å². The van der Waals surface area contributed by atoms with Crippen molar-refractivity contribution >= 4 is 28.8 Å². The Kier molecular flexibility index (Phi) is 3.62. The molecule has 0 saturated heterocycles. The Bertz CT molecular complexity index is 649. The standard InChI is InChI=1S/C13H13N3O2S/c1-7-3-4-9(12(14)17)5-10(7)16-13(18)11-6-19-8(2)15-11/h3-6H,1-2H3,(H2,14,17)(H,16,18). The number of carbonyl (C=O) groups excluding carboxylic acids is 2. The van der Waals surface area contributed by atoms with Gasteiger partial charge in [-0.3, -0.25) is 9.59 Å². The largest absolute Gasteiger partial charge is 0.366 e. The van der Waals surface area contributed by atoms with Gasteiger partial charge >= 0.3 is 0 Å². The van der Waals surface area contributed by atoms with Crippen LogP contribution in [0.15, 0.2) is 23.6 Å². The van der Waals surface area contributed by atoms with Crippen LogP contribution in [0.3, 0.4) is 0 Å². The Morgan fingerprint density at radius 2 is 2.05 bits per heavy atom. The van der Waals surface area contributed by atoms with Gasteiger partial charge in [-0.15, -0.1) is 11.3 Å². The second-order valence-corrected chi connectivity index (χ2v) is 5.16. The van der Waals surface area contributed by atoms with Gasteiger partial charge in [0.2, 0.25) is 5.91 Å². The number of amides is 2. The number of anilines is 1. The van der Waals surface area contributed by atoms with E-state index < -0.39 is 5.91 Å². The predicted octanol–water partition coefficient (Wildman–Crippen LogP) is 2.11. The number of nitrogens with zero attached hydrogens (tertiary/aromatic N) is 1. The highest BCUT2D eigenvalue weighted by Crippen LogP contribution is 2.18. The molecular weight excluding hydrogens is 262 g/mol. The smallest absolute Gasteiger partial charge is 0.275 e. The van der Waals surface area contributed by atoms with Crippen LogP contribution in [-0.2, 0) is 0 Å². The quantitative estimate of drug-likeness (QED) is 0.899. The summed E-state index contributed by atoms with van der Waals surface area (Å²) in [6, 6.07) is 4.93. The van der Waals surface area contributed by atoms with Crippen LogP contribution in [0.4, 0.5) is 5.69 Å². The van der Waals surface area contributed by atoms with Crippen molar-refractivity contribution in [3.63, 3.8) is 0 Å². The van der Waals surface area contributed by atoms with Gasteiger partial charge in [0.05, 0.1) is 5.01 Å². The number of carbonyl (C=O) groups is 2. The van der Waals surface area contributed by atoms with Crippen LogP contribution >= 0.6 is 11.3 Å². The first-order valence-electron chi connectivity index (χ1n) is 5.61. The molecule has 1 heterocycles. The molecule has 0 spiro atoms. The van der Waals surface area contributed by atoms with E-state index in [1.165, 1.54) is 11.3 Å². The molecule has 0 atom stereocenters. The van der Waals surface area contributed by atoms with E-state index >= 15 is 0 Å². The maximum absolute atomic E-state index is 12.0. The number of hydrogen-bond acceptors (Lipinski definition) is 4. The van der Waals surface area contributed by atoms with Gasteiger partial charge in [0.15, 0.2) is 0 Å². The molecule has 0 aliphatic heterocycles. The zero-order chi connectivity index (χ0) is 14.0. The van der Waals surface area contributed by atoms with Crippen LogP contribution in [0.2, 0.25) is 0 Å². The van der Waals surface area contributed by atoms with Crippen LogP contribution in [0.1, 0.15) is 31.4 Å². The number of aryl methyl sites for hydroxylation is 2. The zero-order valence-corrected chi connectivity index (χ0v) is 11.4. The van der Waals surface area contributed by atoms with Crippen molar-refractivity contribution in [3.8, 4) is 0 Å². The fourth-order valence-electron chi connectivity index (χ4n) is 1.56. The highest BCUT2D eigenvalue weighted by atomic mass is 32.1. The van der Waals surface area contributed by atoms with Crippen molar-refractivity contribution in [3.05, 3.63) is 45.4 Å². The van der Waals surface area contributed by atoms with Gasteiger partial charge in [-0.05, 0) is 31.5 Å². The van der Waals surface area contributed by atoms with E-state index in [0.717, 1.165) is 10.6 Å². The van der Waals surface area contributed by atoms with Crippen molar-refractivity contribution in [2.45, 2.75) is 13.8 Å². The fourth-order valence-corrected chi connectivity index (χ4v) is 2.16. The number of rotatable bonds is 3. The summed E-state index contributed by atoms with van der Waals surface area (Å²) in [5, 5.41) is 5.25. The lowest BCUT2D eigenvalue weighted by Crippen LogP contribution is -2.15. The molecule has 2 aromatic rings. The average molecular weight is 275 g/mol. The molecular formula is C13H13N3O2S. The summed E-state index contributed by atoms with van der Waals surface area (Å²) in [6.07, 6.45) is 0. The Balaban J connectivity index is 2.25. The second kappa shape index (κ2) is 5.19. The number of nitrogens with two attached hydrogens (primary N) is 1. The minimum Gasteiger partial charge on any atom is -0.366 e. The van der Waals surface area contributed by atoms with Gasteiger partial charge < -0.3 is 11.1 Å². The lowest BCUT2D eigenvalue weighted by Gasteiger charge is -2.08. The summed E-state index contributed by atoms with van der Waals surface area (Å²) in [5.41, 5.74) is 7.35. The van der Waals surface area contributed by atoms with Crippen LogP contribution in [0.5, 0.6) is 0 Å². The minimum atomic E-state index is -0.528. The normalized spacial score (nSPS) is 10.2. The molecule has 0 unspecified atom stereocenters. The van der Waals surface area contributed by atoms with E-state index in [0.29, 0.717) is 16.9 Å². The van der Waals surface area contributed by atoms with Crippen LogP contribution in [-0.4, -0.2) is 16.8 Å². The average Bonchev–Trinajstić information content (AvgIpc) is 2.78. The lowest BCUT2D eigenvalue weighted by atomic mass is 10.1. The summed E-state index contributed by atoms with van der Waals surface area (Å²) in [7, 11) is 0. The molecule has 0 bridgehead atoms. The van der Waals surface area contributed by atoms with Gasteiger partial charge in [0, 0.05) is 16.6 Å². The topological polar surface area (TPSA) is 85.1 Å². The lowest BCUT2D eigenvalue weighted by molar-refractivity contribution is 0.0995. The highest BCUT2D eigenvalue weighted by molar-refractivity contribution is 7.09. The summed E-state index contributed by atoms with van der Waals surface area (Å²) in [5.74, 6) is -0.825. The van der Waals surface area contributed by atoms with Gasteiger partial charge in [0.1, 0.15) is 5.69 Å². The molecule has 6 heteroatoms. The molecule has 1 aromatic carbocycles. The van der Waals surface area contributed by atoms with E-state index in [-0.39, 0.29) is 5.91 Å². The number of benzene rings is 1. The number of nitrogens with one attached hydrogen (secondary N) is 1. The second-order valence-electron chi connectivity index (χ2n) is 4.10. The third-order valence-electron chi connectivity index (χ3n) is 2.62. The minimum absolute atomic E-state index is 0.297. The SMILES string of the molecule is Cc1nc(C(=O)Nc2cc(C(N)=O)ccc2C)cs1. The van der Waals surface area contributed by atoms with Gasteiger partial charge in [-0.25, -0.2) is 4.98 Å². The number of primary amides is 1. The Hall–Kier alpha value is -2.21. The van der Waals surface area contributed by atoms with Crippen molar-refractivity contribution in [2.75, 3.05) is 5.32 Å². The summed E-state index contributed by atoms with van der Waals surface area (Å²) in [4.78, 5) is 27.2. The van der Waals surface area contributed by atoms with E-state index in [4.69, 9.17) is 5.73 Å². The maximum atomic E-state index is 12.0. The molecule has 98 valence electrons. The van der Waals surface area contributed by atoms with E-state index in [1.54, 1.807) is 23.6 Å². The first kappa shape index (κ1) is 13.2. The molecule has 3 N–H and O–H groups in total. The summed E-state index contributed by atoms with van der Waals surface area (Å²) in [6.45, 7) is 3.67. The highest BCUT2D eigenvalue weighted by Gasteiger charge is 2.12. The number of hydrogen-bond donors (Lipinski definition) is 2. The van der Waals surface area contributed by atoms with Gasteiger partial charge in [-0.2, -0.15) is 0 Å². The molecule has 0 radical (unpaired) electrons. The van der Waals surface area contributed by atoms with E-state index in [1.807, 2.05) is 13.8 Å². The van der Waals surface area contributed by atoms with Crippen LogP contribution in [0.25, 0.3) is 0 Å². The molecule has 19 heavy (non-hydrogen) atoms. The molecule has 0 aliphatic carbocycles.